The van der Waals surface area contributed by atoms with E-state index in [-0.39, 0.29) is 29.8 Å². The maximum atomic E-state index is 14.4. The number of carbonyl (C=O) groups excluding carboxylic acids is 2. The molecule has 2 amide bonds. The number of halogens is 1. The second-order valence-corrected chi connectivity index (χ2v) is 10.6. The third kappa shape index (κ3) is 5.44. The van der Waals surface area contributed by atoms with Gasteiger partial charge in [0.05, 0.1) is 13.0 Å². The number of likely N-dealkylation sites (tertiary alicyclic amines) is 2. The van der Waals surface area contributed by atoms with Crippen LogP contribution in [0.5, 0.6) is 5.75 Å². The number of benzene rings is 1. The molecule has 2 atom stereocenters. The first kappa shape index (κ1) is 22.5. The average Bonchev–Trinajstić information content (AvgIpc) is 3.67. The molecule has 2 aliphatic carbocycles. The van der Waals surface area contributed by atoms with Gasteiger partial charge in [-0.25, -0.2) is 9.18 Å². The van der Waals surface area contributed by atoms with Gasteiger partial charge in [-0.3, -0.25) is 4.79 Å². The van der Waals surface area contributed by atoms with E-state index in [0.717, 1.165) is 70.6 Å². The van der Waals surface area contributed by atoms with E-state index in [1.54, 1.807) is 17.0 Å². The number of ether oxygens (including phenoxy) is 2. The number of nitrogens with zero attached hydrogens (tertiary/aromatic N) is 2. The monoisotopic (exact) mass is 458 g/mol. The summed E-state index contributed by atoms with van der Waals surface area (Å²) in [5.74, 6) is 2.22. The lowest BCUT2D eigenvalue weighted by Gasteiger charge is -2.32. The van der Waals surface area contributed by atoms with Crippen LogP contribution in [-0.2, 0) is 16.0 Å². The standard InChI is InChI=1S/C26H35FN2O4/c1-26(8-9-26)33-25(31)29-12-5-18(6-13-29)22-15-19(22)7-14-32-21-4-3-20(23(27)17-21)16-24(30)28-10-2-11-28/h3-4,17-19,22H,2,5-16H2,1H3/t19-,22+/m0/s1. The van der Waals surface area contributed by atoms with Crippen molar-refractivity contribution in [2.24, 2.45) is 17.8 Å². The second kappa shape index (κ2) is 9.15. The van der Waals surface area contributed by atoms with Crippen LogP contribution in [0.3, 0.4) is 0 Å². The van der Waals surface area contributed by atoms with E-state index in [4.69, 9.17) is 9.47 Å². The summed E-state index contributed by atoms with van der Waals surface area (Å²) in [5.41, 5.74) is 0.229. The van der Waals surface area contributed by atoms with Crippen LogP contribution < -0.4 is 4.74 Å². The number of hydrogen-bond donors (Lipinski definition) is 0. The number of piperidine rings is 1. The van der Waals surface area contributed by atoms with Gasteiger partial charge in [0.15, 0.2) is 0 Å². The first-order valence-electron chi connectivity index (χ1n) is 12.6. The van der Waals surface area contributed by atoms with E-state index < -0.39 is 0 Å². The van der Waals surface area contributed by atoms with Crippen LogP contribution in [0.1, 0.15) is 57.4 Å². The minimum Gasteiger partial charge on any atom is -0.493 e. The molecule has 0 N–H and O–H groups in total. The number of carbonyl (C=O) groups is 2. The van der Waals surface area contributed by atoms with Crippen LogP contribution in [0.25, 0.3) is 0 Å². The van der Waals surface area contributed by atoms with E-state index in [1.807, 2.05) is 11.8 Å². The lowest BCUT2D eigenvalue weighted by Crippen LogP contribution is -2.42. The van der Waals surface area contributed by atoms with Gasteiger partial charge in [0.1, 0.15) is 17.2 Å². The minimum absolute atomic E-state index is 0.00601. The fraction of sp³-hybridized carbons (Fsp3) is 0.692. The summed E-state index contributed by atoms with van der Waals surface area (Å²) in [6, 6.07) is 4.84. The lowest BCUT2D eigenvalue weighted by molar-refractivity contribution is -0.133. The Kier molecular flexibility index (Phi) is 6.23. The van der Waals surface area contributed by atoms with E-state index in [1.165, 1.54) is 12.5 Å². The number of rotatable bonds is 8. The highest BCUT2D eigenvalue weighted by Crippen LogP contribution is 2.50. The number of hydrogen-bond acceptors (Lipinski definition) is 4. The fourth-order valence-electron chi connectivity index (χ4n) is 5.17. The summed E-state index contributed by atoms with van der Waals surface area (Å²) in [6.45, 7) is 5.75. The maximum absolute atomic E-state index is 14.4. The van der Waals surface area contributed by atoms with E-state index >= 15 is 0 Å². The SMILES string of the molecule is CC1(OC(=O)N2CCC([C@H]3C[C@@H]3CCOc3ccc(CC(=O)N4CCC4)c(F)c3)CC2)CC1. The third-order valence-electron chi connectivity index (χ3n) is 8.00. The van der Waals surface area contributed by atoms with E-state index in [9.17, 15) is 14.0 Å². The zero-order valence-electron chi connectivity index (χ0n) is 19.6. The van der Waals surface area contributed by atoms with Gasteiger partial charge in [-0.1, -0.05) is 6.07 Å². The Bertz CT molecular complexity index is 890. The van der Waals surface area contributed by atoms with Crippen molar-refractivity contribution in [3.63, 3.8) is 0 Å². The van der Waals surface area contributed by atoms with Crippen LogP contribution in [0.4, 0.5) is 9.18 Å². The molecule has 4 fully saturated rings. The Morgan fingerprint density at radius 1 is 1.12 bits per heavy atom. The predicted molar refractivity (Wildman–Crippen MR) is 121 cm³/mol. The van der Waals surface area contributed by atoms with Crippen LogP contribution in [-0.4, -0.2) is 60.2 Å². The van der Waals surface area contributed by atoms with Crippen molar-refractivity contribution in [1.29, 1.82) is 0 Å². The van der Waals surface area contributed by atoms with Gasteiger partial charge in [-0.2, -0.15) is 0 Å². The highest BCUT2D eigenvalue weighted by Gasteiger charge is 2.45. The molecule has 1 aromatic rings. The molecule has 0 unspecified atom stereocenters. The quantitative estimate of drug-likeness (QED) is 0.579. The third-order valence-corrected chi connectivity index (χ3v) is 8.00. The molecule has 33 heavy (non-hydrogen) atoms. The molecule has 0 bridgehead atoms. The number of amides is 2. The predicted octanol–water partition coefficient (Wildman–Crippen LogP) is 4.41. The normalized spacial score (nSPS) is 25.9. The van der Waals surface area contributed by atoms with Crippen molar-refractivity contribution < 1.29 is 23.5 Å². The largest absolute Gasteiger partial charge is 0.493 e. The van der Waals surface area contributed by atoms with Crippen LogP contribution >= 0.6 is 0 Å². The van der Waals surface area contributed by atoms with E-state index in [0.29, 0.717) is 29.8 Å². The summed E-state index contributed by atoms with van der Waals surface area (Å²) < 4.78 is 25.8. The molecule has 4 aliphatic rings. The molecule has 2 heterocycles. The van der Waals surface area contributed by atoms with Crippen LogP contribution in [0.2, 0.25) is 0 Å². The summed E-state index contributed by atoms with van der Waals surface area (Å²) >= 11 is 0. The maximum Gasteiger partial charge on any atom is 0.410 e. The molecule has 2 saturated carbocycles. The highest BCUT2D eigenvalue weighted by atomic mass is 19.1. The van der Waals surface area contributed by atoms with Gasteiger partial charge >= 0.3 is 6.09 Å². The molecule has 0 radical (unpaired) electrons. The molecular weight excluding hydrogens is 423 g/mol. The molecule has 2 saturated heterocycles. The molecule has 2 aliphatic heterocycles. The van der Waals surface area contributed by atoms with Gasteiger partial charge in [-0.15, -0.1) is 0 Å². The molecule has 7 heteroatoms. The molecule has 180 valence electrons. The van der Waals surface area contributed by atoms with Gasteiger partial charge in [0, 0.05) is 32.2 Å². The molecule has 6 nitrogen and oxygen atoms in total. The molecule has 0 aromatic heterocycles. The molecule has 5 rings (SSSR count). The van der Waals surface area contributed by atoms with Gasteiger partial charge in [0.2, 0.25) is 5.91 Å². The lowest BCUT2D eigenvalue weighted by atomic mass is 9.91. The van der Waals surface area contributed by atoms with Crippen molar-refractivity contribution >= 4 is 12.0 Å². The zero-order chi connectivity index (χ0) is 23.0. The van der Waals surface area contributed by atoms with Crippen molar-refractivity contribution in [3.05, 3.63) is 29.6 Å². The van der Waals surface area contributed by atoms with Crippen molar-refractivity contribution in [3.8, 4) is 5.75 Å². The summed E-state index contributed by atoms with van der Waals surface area (Å²) in [7, 11) is 0. The van der Waals surface area contributed by atoms with Crippen LogP contribution in [0.15, 0.2) is 18.2 Å². The summed E-state index contributed by atoms with van der Waals surface area (Å²) in [5, 5.41) is 0. The molecular formula is C26H35FN2O4. The van der Waals surface area contributed by atoms with Crippen molar-refractivity contribution in [2.75, 3.05) is 32.8 Å². The van der Waals surface area contributed by atoms with Gasteiger partial charge in [0.25, 0.3) is 0 Å². The first-order valence-corrected chi connectivity index (χ1v) is 12.6. The summed E-state index contributed by atoms with van der Waals surface area (Å²) in [4.78, 5) is 28.0. The summed E-state index contributed by atoms with van der Waals surface area (Å²) in [6.07, 6.45) is 7.28. The molecule has 0 spiro atoms. The van der Waals surface area contributed by atoms with Crippen molar-refractivity contribution in [2.45, 2.75) is 63.9 Å². The second-order valence-electron chi connectivity index (χ2n) is 10.6. The highest BCUT2D eigenvalue weighted by molar-refractivity contribution is 5.79. The van der Waals surface area contributed by atoms with Crippen molar-refractivity contribution in [1.82, 2.24) is 9.80 Å². The topological polar surface area (TPSA) is 59.1 Å². The average molecular weight is 459 g/mol. The Hall–Kier alpha value is -2.31. The Labute approximate surface area is 195 Å². The Balaban J connectivity index is 0.998. The Morgan fingerprint density at radius 3 is 2.52 bits per heavy atom. The first-order chi connectivity index (χ1) is 15.9. The van der Waals surface area contributed by atoms with Gasteiger partial charge < -0.3 is 19.3 Å². The van der Waals surface area contributed by atoms with Crippen LogP contribution in [0, 0.1) is 23.6 Å². The van der Waals surface area contributed by atoms with E-state index in [2.05, 4.69) is 0 Å². The zero-order valence-corrected chi connectivity index (χ0v) is 19.6. The fourth-order valence-corrected chi connectivity index (χ4v) is 5.17. The molecule has 1 aromatic carbocycles. The minimum atomic E-state index is -0.369. The Morgan fingerprint density at radius 2 is 1.88 bits per heavy atom. The van der Waals surface area contributed by atoms with Gasteiger partial charge in [-0.05, 0) is 81.3 Å². The smallest absolute Gasteiger partial charge is 0.410 e.